The van der Waals surface area contributed by atoms with Crippen molar-refractivity contribution in [3.8, 4) is 5.75 Å². The van der Waals surface area contributed by atoms with Gasteiger partial charge < -0.3 is 9.84 Å². The predicted octanol–water partition coefficient (Wildman–Crippen LogP) is 5.08. The average molecular weight is 431 g/mol. The van der Waals surface area contributed by atoms with Gasteiger partial charge in [0.25, 0.3) is 11.7 Å². The highest BCUT2D eigenvalue weighted by Crippen LogP contribution is 2.43. The Labute approximate surface area is 185 Å². The molecule has 1 unspecified atom stereocenters. The van der Waals surface area contributed by atoms with Crippen molar-refractivity contribution in [3.63, 3.8) is 0 Å². The number of benzene rings is 3. The van der Waals surface area contributed by atoms with Gasteiger partial charge in [0, 0.05) is 22.9 Å². The van der Waals surface area contributed by atoms with Gasteiger partial charge in [-0.05, 0) is 49.2 Å². The van der Waals surface area contributed by atoms with E-state index in [1.165, 1.54) is 30.2 Å². The maximum Gasteiger partial charge on any atom is 0.300 e. The van der Waals surface area contributed by atoms with Crippen LogP contribution in [0, 0.1) is 19.7 Å². The second-order valence-corrected chi connectivity index (χ2v) is 7.69. The number of carbonyl (C=O) groups is 2. The fraction of sp³-hybridized carbons (Fsp3) is 0.154. The number of aliphatic hydroxyl groups is 1. The van der Waals surface area contributed by atoms with Crippen LogP contribution >= 0.6 is 0 Å². The van der Waals surface area contributed by atoms with Crippen molar-refractivity contribution < 1.29 is 23.8 Å². The molecule has 0 bridgehead atoms. The Hall–Kier alpha value is -3.93. The third-order valence-electron chi connectivity index (χ3n) is 5.76. The van der Waals surface area contributed by atoms with Gasteiger partial charge in [0.05, 0.1) is 18.7 Å². The third-order valence-corrected chi connectivity index (χ3v) is 5.76. The third kappa shape index (κ3) is 3.54. The van der Waals surface area contributed by atoms with Crippen molar-refractivity contribution in [2.75, 3.05) is 12.0 Å². The fourth-order valence-electron chi connectivity index (χ4n) is 3.89. The number of methoxy groups -OCH3 is 1. The minimum absolute atomic E-state index is 0.111. The molecule has 1 fully saturated rings. The minimum Gasteiger partial charge on any atom is -0.507 e. The van der Waals surface area contributed by atoms with Gasteiger partial charge in [-0.2, -0.15) is 0 Å². The zero-order chi connectivity index (χ0) is 23.0. The molecule has 1 heterocycles. The lowest BCUT2D eigenvalue weighted by Gasteiger charge is -2.26. The Kier molecular flexibility index (Phi) is 5.53. The predicted molar refractivity (Wildman–Crippen MR) is 120 cm³/mol. The molecule has 1 saturated heterocycles. The van der Waals surface area contributed by atoms with Gasteiger partial charge in [0.2, 0.25) is 0 Å². The topological polar surface area (TPSA) is 66.8 Å². The smallest absolute Gasteiger partial charge is 0.300 e. The molecule has 3 aromatic carbocycles. The summed E-state index contributed by atoms with van der Waals surface area (Å²) >= 11 is 0. The van der Waals surface area contributed by atoms with E-state index in [2.05, 4.69) is 0 Å². The highest BCUT2D eigenvalue weighted by Gasteiger charge is 2.47. The number of hydrogen-bond donors (Lipinski definition) is 1. The van der Waals surface area contributed by atoms with Crippen molar-refractivity contribution >= 4 is 23.1 Å². The van der Waals surface area contributed by atoms with E-state index >= 15 is 0 Å². The minimum atomic E-state index is -1.13. The van der Waals surface area contributed by atoms with E-state index in [0.717, 1.165) is 11.1 Å². The number of halogens is 1. The second kappa shape index (κ2) is 8.30. The second-order valence-electron chi connectivity index (χ2n) is 7.69. The zero-order valence-corrected chi connectivity index (χ0v) is 17.9. The van der Waals surface area contributed by atoms with E-state index in [4.69, 9.17) is 4.74 Å². The number of aliphatic hydroxyl groups excluding tert-OH is 1. The summed E-state index contributed by atoms with van der Waals surface area (Å²) in [6, 6.07) is 16.6. The van der Waals surface area contributed by atoms with Gasteiger partial charge in [0.15, 0.2) is 0 Å². The molecule has 1 amide bonds. The van der Waals surface area contributed by atoms with Crippen molar-refractivity contribution in [1.29, 1.82) is 0 Å². The molecule has 0 spiro atoms. The first-order valence-corrected chi connectivity index (χ1v) is 10.1. The maximum atomic E-state index is 14.9. The van der Waals surface area contributed by atoms with Crippen LogP contribution in [0.1, 0.15) is 28.3 Å². The number of hydrogen-bond acceptors (Lipinski definition) is 4. The van der Waals surface area contributed by atoms with Gasteiger partial charge in [-0.1, -0.05) is 36.4 Å². The molecule has 32 heavy (non-hydrogen) atoms. The van der Waals surface area contributed by atoms with Crippen LogP contribution < -0.4 is 9.64 Å². The molecule has 5 nitrogen and oxygen atoms in total. The SMILES string of the molecule is COc1cccc(N2C(=O)C(=O)/C(=C(/O)c3ccc(C)c(C)c3)C2c2ccccc2F)c1. The summed E-state index contributed by atoms with van der Waals surface area (Å²) in [5.41, 5.74) is 2.63. The summed E-state index contributed by atoms with van der Waals surface area (Å²) < 4.78 is 20.2. The number of rotatable bonds is 4. The van der Waals surface area contributed by atoms with Crippen LogP contribution in [0.5, 0.6) is 5.75 Å². The molecule has 0 saturated carbocycles. The molecule has 0 aliphatic carbocycles. The van der Waals surface area contributed by atoms with Gasteiger partial charge in [-0.3, -0.25) is 14.5 Å². The maximum absolute atomic E-state index is 14.9. The summed E-state index contributed by atoms with van der Waals surface area (Å²) in [5.74, 6) is -2.18. The Morgan fingerprint density at radius 1 is 0.969 bits per heavy atom. The lowest BCUT2D eigenvalue weighted by Crippen LogP contribution is -2.29. The molecule has 0 aromatic heterocycles. The van der Waals surface area contributed by atoms with Crippen molar-refractivity contribution in [2.45, 2.75) is 19.9 Å². The van der Waals surface area contributed by atoms with Crippen LogP contribution in [-0.4, -0.2) is 23.9 Å². The molecular weight excluding hydrogens is 409 g/mol. The first kappa shape index (κ1) is 21.3. The summed E-state index contributed by atoms with van der Waals surface area (Å²) in [6.07, 6.45) is 0. The highest BCUT2D eigenvalue weighted by molar-refractivity contribution is 6.51. The molecule has 6 heteroatoms. The number of Topliss-reactive ketones (excluding diaryl/α,β-unsaturated/α-hetero) is 1. The van der Waals surface area contributed by atoms with Gasteiger partial charge in [-0.15, -0.1) is 0 Å². The van der Waals surface area contributed by atoms with Crippen molar-refractivity contribution in [1.82, 2.24) is 0 Å². The number of aryl methyl sites for hydroxylation is 2. The van der Waals surface area contributed by atoms with Crippen LogP contribution in [0.4, 0.5) is 10.1 Å². The summed E-state index contributed by atoms with van der Waals surface area (Å²) in [5, 5.41) is 11.1. The first-order chi connectivity index (χ1) is 15.3. The molecule has 1 aliphatic heterocycles. The number of ether oxygens (including phenoxy) is 1. The van der Waals surface area contributed by atoms with Crippen LogP contribution in [0.3, 0.4) is 0 Å². The summed E-state index contributed by atoms with van der Waals surface area (Å²) in [7, 11) is 1.49. The Bertz CT molecular complexity index is 1260. The van der Waals surface area contributed by atoms with Crippen LogP contribution in [0.2, 0.25) is 0 Å². The lowest BCUT2D eigenvalue weighted by atomic mass is 9.94. The van der Waals surface area contributed by atoms with Gasteiger partial charge in [0.1, 0.15) is 17.3 Å². The Morgan fingerprint density at radius 3 is 2.41 bits per heavy atom. The molecule has 3 aromatic rings. The fourth-order valence-corrected chi connectivity index (χ4v) is 3.89. The quantitative estimate of drug-likeness (QED) is 0.356. The Balaban J connectivity index is 1.98. The number of ketones is 1. The van der Waals surface area contributed by atoms with Crippen molar-refractivity contribution in [2.24, 2.45) is 0 Å². The molecule has 162 valence electrons. The summed E-state index contributed by atoms with van der Waals surface area (Å²) in [4.78, 5) is 27.5. The van der Waals surface area contributed by atoms with Gasteiger partial charge in [-0.25, -0.2) is 4.39 Å². The molecule has 0 radical (unpaired) electrons. The van der Waals surface area contributed by atoms with Crippen LogP contribution in [-0.2, 0) is 9.59 Å². The molecule has 1 N–H and O–H groups in total. The van der Waals surface area contributed by atoms with Crippen LogP contribution in [0.25, 0.3) is 5.76 Å². The summed E-state index contributed by atoms with van der Waals surface area (Å²) in [6.45, 7) is 3.82. The normalized spacial score (nSPS) is 17.6. The highest BCUT2D eigenvalue weighted by atomic mass is 19.1. The van der Waals surface area contributed by atoms with E-state index in [1.807, 2.05) is 19.9 Å². The van der Waals surface area contributed by atoms with E-state index < -0.39 is 23.5 Å². The number of nitrogens with zero attached hydrogens (tertiary/aromatic N) is 1. The largest absolute Gasteiger partial charge is 0.507 e. The van der Waals surface area contributed by atoms with Crippen molar-refractivity contribution in [3.05, 3.63) is 100 Å². The number of amides is 1. The number of anilines is 1. The molecule has 1 atom stereocenters. The molecular formula is C26H22FNO4. The van der Waals surface area contributed by atoms with Crippen LogP contribution in [0.15, 0.2) is 72.3 Å². The average Bonchev–Trinajstić information content (AvgIpc) is 3.06. The standard InChI is InChI=1S/C26H22FNO4/c1-15-11-12-17(13-16(15)2)24(29)22-23(20-9-4-5-10-21(20)27)28(26(31)25(22)30)18-7-6-8-19(14-18)32-3/h4-14,23,29H,1-3H3/b24-22+. The van der Waals surface area contributed by atoms with E-state index in [9.17, 15) is 19.1 Å². The van der Waals surface area contributed by atoms with E-state index in [-0.39, 0.29) is 16.9 Å². The zero-order valence-electron chi connectivity index (χ0n) is 17.9. The van der Waals surface area contributed by atoms with E-state index in [0.29, 0.717) is 17.0 Å². The molecule has 1 aliphatic rings. The Morgan fingerprint density at radius 2 is 1.72 bits per heavy atom. The molecule has 4 rings (SSSR count). The monoisotopic (exact) mass is 431 g/mol. The number of carbonyl (C=O) groups excluding carboxylic acids is 2. The van der Waals surface area contributed by atoms with Gasteiger partial charge >= 0.3 is 0 Å². The first-order valence-electron chi connectivity index (χ1n) is 10.1. The van der Waals surface area contributed by atoms with E-state index in [1.54, 1.807) is 42.5 Å². The lowest BCUT2D eigenvalue weighted by molar-refractivity contribution is -0.132.